The molecule has 0 aliphatic rings. The van der Waals surface area contributed by atoms with Crippen molar-refractivity contribution < 1.29 is 31.7 Å². The molecule has 0 aromatic carbocycles. The first kappa shape index (κ1) is 9.58. The van der Waals surface area contributed by atoms with Crippen molar-refractivity contribution in [2.24, 2.45) is 0 Å². The fraction of sp³-hybridized carbons (Fsp3) is 1.00. The summed E-state index contributed by atoms with van der Waals surface area (Å²) in [6.07, 6.45) is 0. The minimum atomic E-state index is -3.44. The van der Waals surface area contributed by atoms with Gasteiger partial charge in [0.15, 0.2) is 0 Å². The molecule has 0 saturated heterocycles. The predicted octanol–water partition coefficient (Wildman–Crippen LogP) is 0.386. The quantitative estimate of drug-likeness (QED) is 0.753. The summed E-state index contributed by atoms with van der Waals surface area (Å²) in [5, 5.41) is 0. The van der Waals surface area contributed by atoms with Crippen LogP contribution in [0, 0.1) is 0 Å². The Morgan fingerprint density at radius 2 is 0.889 bits per heavy atom. The zero-order chi connectivity index (χ0) is 7.33. The molecule has 0 aromatic heterocycles. The van der Waals surface area contributed by atoms with Gasteiger partial charge < -0.3 is 0 Å². The second-order valence-corrected chi connectivity index (χ2v) is 9.64. The van der Waals surface area contributed by atoms with Crippen molar-refractivity contribution >= 4 is 0 Å². The first-order valence-electron chi connectivity index (χ1n) is 2.36. The second-order valence-electron chi connectivity index (χ2n) is 1.18. The van der Waals surface area contributed by atoms with E-state index in [9.17, 15) is 0 Å². The molecule has 4 nitrogen and oxygen atoms in total. The van der Waals surface area contributed by atoms with Crippen LogP contribution in [0.15, 0.2) is 0 Å². The molecule has 0 bridgehead atoms. The van der Waals surface area contributed by atoms with Crippen LogP contribution in [0.2, 0.25) is 0 Å². The van der Waals surface area contributed by atoms with Crippen LogP contribution in [0.5, 0.6) is 0 Å². The van der Waals surface area contributed by atoms with Crippen LogP contribution in [0.25, 0.3) is 0 Å². The van der Waals surface area contributed by atoms with Crippen LogP contribution < -0.4 is 0 Å². The normalized spacial score (nSPS) is 12.0. The van der Waals surface area contributed by atoms with E-state index in [1.54, 1.807) is 0 Å². The standard InChI is InChI=1S/4CH3O.Ta/c4*1-2;/h4*1H3;/q4*-1;+4. The zero-order valence-electron chi connectivity index (χ0n) is 6.08. The van der Waals surface area contributed by atoms with Gasteiger partial charge in [0, 0.05) is 0 Å². The molecule has 0 atom stereocenters. The van der Waals surface area contributed by atoms with E-state index in [4.69, 9.17) is 13.0 Å². The maximum atomic E-state index is 4.93. The van der Waals surface area contributed by atoms with Crippen LogP contribution >= 0.6 is 0 Å². The summed E-state index contributed by atoms with van der Waals surface area (Å²) < 4.78 is 19.7. The second kappa shape index (κ2) is 4.40. The monoisotopic (exact) mass is 305 g/mol. The van der Waals surface area contributed by atoms with Gasteiger partial charge in [0.2, 0.25) is 0 Å². The van der Waals surface area contributed by atoms with Gasteiger partial charge in [-0.05, 0) is 0 Å². The molecule has 9 heavy (non-hydrogen) atoms. The van der Waals surface area contributed by atoms with Crippen molar-refractivity contribution in [3.8, 4) is 0 Å². The van der Waals surface area contributed by atoms with Crippen molar-refractivity contribution in [3.05, 3.63) is 0 Å². The van der Waals surface area contributed by atoms with Gasteiger partial charge in [0.05, 0.1) is 0 Å². The summed E-state index contributed by atoms with van der Waals surface area (Å²) in [4.78, 5) is 0. The first-order chi connectivity index (χ1) is 4.24. The molecule has 0 aromatic rings. The molecule has 0 aliphatic carbocycles. The Bertz CT molecular complexity index is 55.5. The summed E-state index contributed by atoms with van der Waals surface area (Å²) in [5.41, 5.74) is 0. The molecule has 0 saturated carbocycles. The van der Waals surface area contributed by atoms with Crippen molar-refractivity contribution in [2.75, 3.05) is 28.4 Å². The topological polar surface area (TPSA) is 36.9 Å². The van der Waals surface area contributed by atoms with E-state index in [2.05, 4.69) is 0 Å². The zero-order valence-corrected chi connectivity index (χ0v) is 9.29. The Balaban J connectivity index is 3.82. The summed E-state index contributed by atoms with van der Waals surface area (Å²) in [6, 6.07) is 0. The van der Waals surface area contributed by atoms with Crippen molar-refractivity contribution in [1.29, 1.82) is 0 Å². The molecule has 0 amide bonds. The van der Waals surface area contributed by atoms with E-state index in [1.165, 1.54) is 28.4 Å². The van der Waals surface area contributed by atoms with Gasteiger partial charge in [-0.25, -0.2) is 0 Å². The van der Waals surface area contributed by atoms with Crippen molar-refractivity contribution in [3.63, 3.8) is 0 Å². The molecule has 57 valence electrons. The van der Waals surface area contributed by atoms with E-state index in [1.807, 2.05) is 0 Å². The number of rotatable bonds is 4. The fourth-order valence-corrected chi connectivity index (χ4v) is 3.66. The predicted molar refractivity (Wildman–Crippen MR) is 28.0 cm³/mol. The van der Waals surface area contributed by atoms with Gasteiger partial charge in [-0.2, -0.15) is 0 Å². The molecule has 0 heterocycles. The first-order valence-corrected chi connectivity index (χ1v) is 7.61. The van der Waals surface area contributed by atoms with Crippen molar-refractivity contribution in [1.82, 2.24) is 0 Å². The molecular weight excluding hydrogens is 293 g/mol. The van der Waals surface area contributed by atoms with E-state index in [0.29, 0.717) is 0 Å². The third kappa shape index (κ3) is 2.35. The molecule has 0 fully saturated rings. The molecule has 0 aliphatic heterocycles. The van der Waals surface area contributed by atoms with Gasteiger partial charge in [0.25, 0.3) is 0 Å². The molecule has 0 radical (unpaired) electrons. The summed E-state index contributed by atoms with van der Waals surface area (Å²) in [5.74, 6) is 0. The minimum absolute atomic E-state index is 1.52. The van der Waals surface area contributed by atoms with Crippen LogP contribution in [-0.4, -0.2) is 28.4 Å². The molecule has 0 rings (SSSR count). The molecule has 0 spiro atoms. The van der Waals surface area contributed by atoms with E-state index in [0.717, 1.165) is 0 Å². The van der Waals surface area contributed by atoms with Gasteiger partial charge >= 0.3 is 60.1 Å². The SMILES string of the molecule is C[O][Ta]([O]C)([O]C)[O]C. The number of hydrogen-bond donors (Lipinski definition) is 0. The Morgan fingerprint density at radius 3 is 0.889 bits per heavy atom. The van der Waals surface area contributed by atoms with E-state index >= 15 is 0 Å². The van der Waals surface area contributed by atoms with Gasteiger partial charge in [-0.3, -0.25) is 0 Å². The van der Waals surface area contributed by atoms with Crippen LogP contribution in [0.3, 0.4) is 0 Å². The molecule has 0 N–H and O–H groups in total. The van der Waals surface area contributed by atoms with Crippen LogP contribution in [0.4, 0.5) is 0 Å². The van der Waals surface area contributed by atoms with Gasteiger partial charge in [-0.15, -0.1) is 0 Å². The summed E-state index contributed by atoms with van der Waals surface area (Å²) in [6.45, 7) is 0. The maximum absolute atomic E-state index is 4.93. The van der Waals surface area contributed by atoms with Gasteiger partial charge in [0.1, 0.15) is 0 Å². The number of hydrogen-bond acceptors (Lipinski definition) is 4. The fourth-order valence-electron chi connectivity index (χ4n) is 0.447. The third-order valence-electron chi connectivity index (χ3n) is 0.894. The molecular formula is C4H12O4Ta. The van der Waals surface area contributed by atoms with E-state index in [-0.39, 0.29) is 0 Å². The van der Waals surface area contributed by atoms with Gasteiger partial charge in [-0.1, -0.05) is 0 Å². The van der Waals surface area contributed by atoms with Crippen LogP contribution in [0.1, 0.15) is 0 Å². The molecule has 5 heteroatoms. The van der Waals surface area contributed by atoms with Crippen LogP contribution in [-0.2, 0) is 31.7 Å². The Kier molecular flexibility index (Phi) is 4.69. The average Bonchev–Trinajstić information content (AvgIpc) is 1.95. The Hall–Kier alpha value is 0.580. The third-order valence-corrected chi connectivity index (χ3v) is 7.32. The van der Waals surface area contributed by atoms with Crippen molar-refractivity contribution in [2.45, 2.75) is 0 Å². The molecule has 0 unspecified atom stereocenters. The Morgan fingerprint density at radius 1 is 0.667 bits per heavy atom. The summed E-state index contributed by atoms with van der Waals surface area (Å²) in [7, 11) is 6.09. The Labute approximate surface area is 60.5 Å². The van der Waals surface area contributed by atoms with E-state index < -0.39 is 18.7 Å². The average molecular weight is 305 g/mol. The summed E-state index contributed by atoms with van der Waals surface area (Å²) >= 11 is -3.44.